The minimum Gasteiger partial charge on any atom is -0.507 e. The highest BCUT2D eigenvalue weighted by Gasteiger charge is 2.15. The van der Waals surface area contributed by atoms with Gasteiger partial charge in [-0.05, 0) is 47.5 Å². The molecule has 0 unspecified atom stereocenters. The standard InChI is InChI=1S/C23H17ClFN3O3/c24-18-5-3-13(9-19(18)25)8-17-21(29)16-10-15(4-6-20(16)28-23(17)31)22(30)27-12-14-2-1-7-26-11-14/h1-7,9-11H,8,12H2,(H,27,30)(H2,28,29,31). The molecule has 0 saturated carbocycles. The Morgan fingerprint density at radius 1 is 1.16 bits per heavy atom. The van der Waals surface area contributed by atoms with Crippen LogP contribution in [0.1, 0.15) is 27.0 Å². The van der Waals surface area contributed by atoms with Crippen LogP contribution in [0.25, 0.3) is 10.9 Å². The molecule has 2 aromatic carbocycles. The van der Waals surface area contributed by atoms with Crippen LogP contribution in [-0.4, -0.2) is 21.0 Å². The van der Waals surface area contributed by atoms with Crippen molar-refractivity contribution in [2.24, 2.45) is 0 Å². The van der Waals surface area contributed by atoms with Crippen molar-refractivity contribution in [1.29, 1.82) is 0 Å². The fraction of sp³-hybridized carbons (Fsp3) is 0.0870. The second-order valence-electron chi connectivity index (χ2n) is 7.01. The van der Waals surface area contributed by atoms with E-state index >= 15 is 0 Å². The number of H-pyrrole nitrogens is 1. The average Bonchev–Trinajstić information content (AvgIpc) is 2.78. The van der Waals surface area contributed by atoms with Crippen LogP contribution >= 0.6 is 11.6 Å². The van der Waals surface area contributed by atoms with E-state index in [-0.39, 0.29) is 28.7 Å². The van der Waals surface area contributed by atoms with Crippen LogP contribution in [0.3, 0.4) is 0 Å². The molecule has 0 aliphatic carbocycles. The zero-order valence-electron chi connectivity index (χ0n) is 16.2. The Labute approximate surface area is 181 Å². The number of carbonyl (C=O) groups excluding carboxylic acids is 1. The molecule has 8 heteroatoms. The van der Waals surface area contributed by atoms with Gasteiger partial charge in [0.15, 0.2) is 0 Å². The Balaban J connectivity index is 1.64. The van der Waals surface area contributed by atoms with Crippen LogP contribution in [-0.2, 0) is 13.0 Å². The summed E-state index contributed by atoms with van der Waals surface area (Å²) in [4.78, 5) is 31.7. The van der Waals surface area contributed by atoms with Gasteiger partial charge in [0.1, 0.15) is 11.6 Å². The maximum absolute atomic E-state index is 13.7. The SMILES string of the molecule is O=C(NCc1cccnc1)c1ccc2[nH]c(=O)c(Cc3ccc(Cl)c(F)c3)c(O)c2c1. The van der Waals surface area contributed by atoms with E-state index in [0.29, 0.717) is 28.6 Å². The van der Waals surface area contributed by atoms with Gasteiger partial charge in [-0.25, -0.2) is 4.39 Å². The highest BCUT2D eigenvalue weighted by Crippen LogP contribution is 2.28. The van der Waals surface area contributed by atoms with E-state index < -0.39 is 11.4 Å². The normalized spacial score (nSPS) is 10.9. The number of fused-ring (bicyclic) bond motifs is 1. The first kappa shape index (κ1) is 20.6. The number of nitrogens with zero attached hydrogens (tertiary/aromatic N) is 1. The number of pyridine rings is 2. The number of amides is 1. The summed E-state index contributed by atoms with van der Waals surface area (Å²) in [6.45, 7) is 0.301. The molecule has 31 heavy (non-hydrogen) atoms. The number of hydrogen-bond donors (Lipinski definition) is 3. The average molecular weight is 438 g/mol. The van der Waals surface area contributed by atoms with Crippen LogP contribution < -0.4 is 10.9 Å². The largest absolute Gasteiger partial charge is 0.507 e. The second-order valence-corrected chi connectivity index (χ2v) is 7.42. The monoisotopic (exact) mass is 437 g/mol. The molecule has 0 radical (unpaired) electrons. The molecule has 156 valence electrons. The molecule has 0 aliphatic rings. The van der Waals surface area contributed by atoms with Crippen LogP contribution in [0, 0.1) is 5.82 Å². The van der Waals surface area contributed by atoms with E-state index in [1.807, 2.05) is 6.07 Å². The number of aromatic amines is 1. The summed E-state index contributed by atoms with van der Waals surface area (Å²) in [5, 5.41) is 13.8. The zero-order valence-corrected chi connectivity index (χ0v) is 16.9. The first-order valence-electron chi connectivity index (χ1n) is 9.41. The number of rotatable bonds is 5. The molecule has 0 aliphatic heterocycles. The summed E-state index contributed by atoms with van der Waals surface area (Å²) >= 11 is 5.70. The van der Waals surface area contributed by atoms with Crippen molar-refractivity contribution in [3.8, 4) is 5.75 Å². The second kappa shape index (κ2) is 8.57. The maximum atomic E-state index is 13.7. The van der Waals surface area contributed by atoms with E-state index in [4.69, 9.17) is 11.6 Å². The van der Waals surface area contributed by atoms with Gasteiger partial charge in [-0.2, -0.15) is 0 Å². The van der Waals surface area contributed by atoms with Crippen LogP contribution in [0.15, 0.2) is 65.7 Å². The fourth-order valence-electron chi connectivity index (χ4n) is 3.26. The Morgan fingerprint density at radius 2 is 2.00 bits per heavy atom. The van der Waals surface area contributed by atoms with Crippen molar-refractivity contribution in [1.82, 2.24) is 15.3 Å². The lowest BCUT2D eigenvalue weighted by Gasteiger charge is -2.10. The lowest BCUT2D eigenvalue weighted by Crippen LogP contribution is -2.23. The lowest BCUT2D eigenvalue weighted by molar-refractivity contribution is 0.0951. The van der Waals surface area contributed by atoms with E-state index in [1.165, 1.54) is 18.2 Å². The van der Waals surface area contributed by atoms with Gasteiger partial charge in [0.05, 0.1) is 16.1 Å². The first-order valence-corrected chi connectivity index (χ1v) is 9.79. The highest BCUT2D eigenvalue weighted by molar-refractivity contribution is 6.30. The molecule has 4 aromatic rings. The topological polar surface area (TPSA) is 95.1 Å². The zero-order chi connectivity index (χ0) is 22.0. The van der Waals surface area contributed by atoms with Crippen molar-refractivity contribution >= 4 is 28.4 Å². The molecule has 2 aromatic heterocycles. The van der Waals surface area contributed by atoms with Gasteiger partial charge in [0, 0.05) is 36.3 Å². The van der Waals surface area contributed by atoms with Crippen LogP contribution in [0.2, 0.25) is 5.02 Å². The number of hydrogen-bond acceptors (Lipinski definition) is 4. The van der Waals surface area contributed by atoms with Crippen LogP contribution in [0.5, 0.6) is 5.75 Å². The molecule has 0 fully saturated rings. The summed E-state index contributed by atoms with van der Waals surface area (Å²) in [5.74, 6) is -1.20. The molecule has 0 bridgehead atoms. The first-order chi connectivity index (χ1) is 14.9. The number of aromatic nitrogens is 2. The number of halogens is 2. The molecule has 3 N–H and O–H groups in total. The summed E-state index contributed by atoms with van der Waals surface area (Å²) in [5.41, 5.74) is 1.62. The highest BCUT2D eigenvalue weighted by atomic mass is 35.5. The lowest BCUT2D eigenvalue weighted by atomic mass is 10.0. The number of carbonyl (C=O) groups is 1. The molecular formula is C23H17ClFN3O3. The third kappa shape index (κ3) is 4.41. The van der Waals surface area contributed by atoms with Gasteiger partial charge in [0.2, 0.25) is 0 Å². The van der Waals surface area contributed by atoms with Crippen molar-refractivity contribution in [3.63, 3.8) is 0 Å². The van der Waals surface area contributed by atoms with E-state index in [1.54, 1.807) is 36.7 Å². The molecule has 0 atom stereocenters. The smallest absolute Gasteiger partial charge is 0.255 e. The molecule has 1 amide bonds. The third-order valence-corrected chi connectivity index (χ3v) is 5.19. The minimum absolute atomic E-state index is 0.00261. The van der Waals surface area contributed by atoms with Gasteiger partial charge in [0.25, 0.3) is 11.5 Å². The van der Waals surface area contributed by atoms with Gasteiger partial charge in [-0.3, -0.25) is 14.6 Å². The van der Waals surface area contributed by atoms with Crippen molar-refractivity contribution in [2.75, 3.05) is 0 Å². The Hall–Kier alpha value is -3.71. The minimum atomic E-state index is -0.608. The Kier molecular flexibility index (Phi) is 5.68. The van der Waals surface area contributed by atoms with Gasteiger partial charge in [-0.1, -0.05) is 23.7 Å². The van der Waals surface area contributed by atoms with Gasteiger partial charge in [-0.15, -0.1) is 0 Å². The molecule has 4 rings (SSSR count). The molecule has 2 heterocycles. The number of nitrogens with one attached hydrogen (secondary N) is 2. The number of aromatic hydroxyl groups is 1. The van der Waals surface area contributed by atoms with Crippen molar-refractivity contribution in [3.05, 3.63) is 104 Å². The quantitative estimate of drug-likeness (QED) is 0.440. The maximum Gasteiger partial charge on any atom is 0.255 e. The Morgan fingerprint density at radius 3 is 2.74 bits per heavy atom. The molecular weight excluding hydrogens is 421 g/mol. The Bertz CT molecular complexity index is 1340. The van der Waals surface area contributed by atoms with E-state index in [2.05, 4.69) is 15.3 Å². The van der Waals surface area contributed by atoms with Crippen LogP contribution in [0.4, 0.5) is 4.39 Å². The summed E-state index contributed by atoms with van der Waals surface area (Å²) in [7, 11) is 0. The molecule has 6 nitrogen and oxygen atoms in total. The summed E-state index contributed by atoms with van der Waals surface area (Å²) in [6, 6.07) is 12.4. The van der Waals surface area contributed by atoms with E-state index in [0.717, 1.165) is 5.56 Å². The van der Waals surface area contributed by atoms with Gasteiger partial charge < -0.3 is 15.4 Å². The van der Waals surface area contributed by atoms with Gasteiger partial charge >= 0.3 is 0 Å². The van der Waals surface area contributed by atoms with Crippen molar-refractivity contribution in [2.45, 2.75) is 13.0 Å². The summed E-state index contributed by atoms with van der Waals surface area (Å²) < 4.78 is 13.7. The molecule has 0 spiro atoms. The van der Waals surface area contributed by atoms with Crippen molar-refractivity contribution < 1.29 is 14.3 Å². The number of benzene rings is 2. The predicted octanol–water partition coefficient (Wildman–Crippen LogP) is 3.94. The predicted molar refractivity (Wildman–Crippen MR) is 116 cm³/mol. The summed E-state index contributed by atoms with van der Waals surface area (Å²) in [6.07, 6.45) is 3.31. The molecule has 0 saturated heterocycles. The third-order valence-electron chi connectivity index (χ3n) is 4.89. The van der Waals surface area contributed by atoms with E-state index in [9.17, 15) is 19.1 Å². The fourth-order valence-corrected chi connectivity index (χ4v) is 3.38.